The van der Waals surface area contributed by atoms with E-state index in [0.29, 0.717) is 5.92 Å². The van der Waals surface area contributed by atoms with E-state index < -0.39 is 0 Å². The number of fused-ring (bicyclic) bond motifs is 5. The highest BCUT2D eigenvalue weighted by Gasteiger charge is 2.36. The molecular weight excluding hydrogens is 881 g/mol. The summed E-state index contributed by atoms with van der Waals surface area (Å²) in [5.41, 5.74) is 20.5. The predicted octanol–water partition coefficient (Wildman–Crippen LogP) is 20.3. The molecular formula is C71H58N2. The first kappa shape index (κ1) is 44.5. The second-order valence-corrected chi connectivity index (χ2v) is 20.8. The molecule has 2 aliphatic rings. The molecule has 1 fully saturated rings. The van der Waals surface area contributed by atoms with Crippen LogP contribution in [0.5, 0.6) is 0 Å². The van der Waals surface area contributed by atoms with Gasteiger partial charge in [-0.25, -0.2) is 0 Å². The van der Waals surface area contributed by atoms with Crippen LogP contribution in [0, 0.1) is 0 Å². The zero-order valence-corrected chi connectivity index (χ0v) is 41.7. The Hall–Kier alpha value is -8.46. The molecule has 0 bridgehead atoms. The first-order chi connectivity index (χ1) is 35.9. The van der Waals surface area contributed by atoms with Gasteiger partial charge in [0.15, 0.2) is 0 Å². The largest absolute Gasteiger partial charge is 0.310 e. The zero-order chi connectivity index (χ0) is 48.9. The summed E-state index contributed by atoms with van der Waals surface area (Å²) in [6, 6.07) is 92.8. The number of para-hydroxylation sites is 1. The highest BCUT2D eigenvalue weighted by molar-refractivity contribution is 6.04. The van der Waals surface area contributed by atoms with Crippen LogP contribution >= 0.6 is 0 Å². The van der Waals surface area contributed by atoms with Crippen LogP contribution in [0.1, 0.15) is 68.6 Å². The third-order valence-corrected chi connectivity index (χ3v) is 16.0. The summed E-state index contributed by atoms with van der Waals surface area (Å²) in [4.78, 5) is 4.94. The topological polar surface area (TPSA) is 6.48 Å². The fourth-order valence-electron chi connectivity index (χ4n) is 12.2. The van der Waals surface area contributed by atoms with Crippen molar-refractivity contribution in [3.05, 3.63) is 265 Å². The Kier molecular flexibility index (Phi) is 11.3. The Morgan fingerprint density at radius 1 is 0.329 bits per heavy atom. The molecule has 11 aromatic carbocycles. The van der Waals surface area contributed by atoms with E-state index in [1.54, 1.807) is 0 Å². The monoisotopic (exact) mass is 938 g/mol. The van der Waals surface area contributed by atoms with Gasteiger partial charge in [0.25, 0.3) is 0 Å². The van der Waals surface area contributed by atoms with E-state index in [1.807, 2.05) is 0 Å². The van der Waals surface area contributed by atoms with E-state index >= 15 is 0 Å². The van der Waals surface area contributed by atoms with Crippen molar-refractivity contribution in [1.29, 1.82) is 0 Å². The third kappa shape index (κ3) is 8.18. The SMILES string of the molecule is CC1(C)c2ccccc2-c2ccc(N(c3cc(-c4ccc(-c5ccc6ccccc6c5-c5ccccc5)cc4)cc(N(c4ccccc4)c4ccc(C5CCCCC5)cc4)c3)c3ccc4ccccc4c3)cc21. The average molecular weight is 939 g/mol. The van der Waals surface area contributed by atoms with Crippen LogP contribution in [-0.2, 0) is 5.41 Å². The van der Waals surface area contributed by atoms with E-state index in [0.717, 1.165) is 45.3 Å². The van der Waals surface area contributed by atoms with Crippen LogP contribution in [0.25, 0.3) is 66.1 Å². The maximum absolute atomic E-state index is 2.49. The van der Waals surface area contributed by atoms with Crippen molar-refractivity contribution in [2.24, 2.45) is 0 Å². The number of hydrogen-bond donors (Lipinski definition) is 0. The number of hydrogen-bond acceptors (Lipinski definition) is 2. The van der Waals surface area contributed by atoms with Gasteiger partial charge < -0.3 is 9.80 Å². The van der Waals surface area contributed by atoms with Crippen molar-refractivity contribution in [3.63, 3.8) is 0 Å². The van der Waals surface area contributed by atoms with Crippen molar-refractivity contribution in [2.75, 3.05) is 9.80 Å². The summed E-state index contributed by atoms with van der Waals surface area (Å²) >= 11 is 0. The summed E-state index contributed by atoms with van der Waals surface area (Å²) in [6.45, 7) is 4.75. The van der Waals surface area contributed by atoms with Gasteiger partial charge in [-0.3, -0.25) is 0 Å². The number of anilines is 6. The first-order valence-corrected chi connectivity index (χ1v) is 26.3. The fourth-order valence-corrected chi connectivity index (χ4v) is 12.2. The van der Waals surface area contributed by atoms with E-state index in [1.165, 1.54) is 104 Å². The Bertz CT molecular complexity index is 3790. The summed E-state index contributed by atoms with van der Waals surface area (Å²) in [7, 11) is 0. The Morgan fingerprint density at radius 3 is 1.64 bits per heavy atom. The standard InChI is InChI=1S/C71H58N2/c1-71(2)68-29-17-16-28-66(68)67-43-41-61(48-69(67)71)73(60-40-36-50-20-12-13-24-56(50)44-60)63-46-57(45-62(47-63)72(58-25-10-5-11-26-58)59-38-34-51(35-39-59)49-18-6-3-7-19-49)52-30-32-54(33-31-52)65-42-37-53-21-14-15-27-64(53)70(65)55-22-8-4-9-23-55/h4-5,8-17,20-49H,3,6-7,18-19H2,1-2H3. The van der Waals surface area contributed by atoms with Crippen LogP contribution in [0.15, 0.2) is 249 Å². The molecule has 0 amide bonds. The minimum Gasteiger partial charge on any atom is -0.310 e. The highest BCUT2D eigenvalue weighted by atomic mass is 15.2. The highest BCUT2D eigenvalue weighted by Crippen LogP contribution is 2.52. The molecule has 0 aliphatic heterocycles. The lowest BCUT2D eigenvalue weighted by molar-refractivity contribution is 0.443. The van der Waals surface area contributed by atoms with Crippen LogP contribution < -0.4 is 9.80 Å². The first-order valence-electron chi connectivity index (χ1n) is 26.3. The molecule has 0 atom stereocenters. The molecule has 0 N–H and O–H groups in total. The molecule has 0 saturated heterocycles. The van der Waals surface area contributed by atoms with E-state index in [9.17, 15) is 0 Å². The van der Waals surface area contributed by atoms with E-state index in [4.69, 9.17) is 0 Å². The maximum atomic E-state index is 2.49. The summed E-state index contributed by atoms with van der Waals surface area (Å²) in [5.74, 6) is 0.629. The van der Waals surface area contributed by atoms with Crippen molar-refractivity contribution in [2.45, 2.75) is 57.3 Å². The Labute approximate surface area is 430 Å². The molecule has 2 nitrogen and oxygen atoms in total. The van der Waals surface area contributed by atoms with Crippen LogP contribution in [0.4, 0.5) is 34.1 Å². The molecule has 11 aromatic rings. The smallest absolute Gasteiger partial charge is 0.0488 e. The van der Waals surface area contributed by atoms with Gasteiger partial charge in [-0.15, -0.1) is 0 Å². The lowest BCUT2D eigenvalue weighted by Gasteiger charge is -2.31. The third-order valence-electron chi connectivity index (χ3n) is 16.0. The molecule has 2 heteroatoms. The maximum Gasteiger partial charge on any atom is 0.0488 e. The molecule has 0 aromatic heterocycles. The van der Waals surface area contributed by atoms with Crippen molar-refractivity contribution < 1.29 is 0 Å². The molecule has 0 heterocycles. The van der Waals surface area contributed by atoms with Crippen molar-refractivity contribution in [1.82, 2.24) is 0 Å². The second kappa shape index (κ2) is 18.6. The summed E-state index contributed by atoms with van der Waals surface area (Å²) < 4.78 is 0. The molecule has 0 unspecified atom stereocenters. The molecule has 2 aliphatic carbocycles. The number of benzene rings is 11. The predicted molar refractivity (Wildman–Crippen MR) is 311 cm³/mol. The lowest BCUT2D eigenvalue weighted by Crippen LogP contribution is -2.17. The van der Waals surface area contributed by atoms with Crippen LogP contribution in [0.3, 0.4) is 0 Å². The average Bonchev–Trinajstić information content (AvgIpc) is 3.69. The van der Waals surface area contributed by atoms with Gasteiger partial charge in [0, 0.05) is 39.5 Å². The summed E-state index contributed by atoms with van der Waals surface area (Å²) in [6.07, 6.45) is 6.53. The van der Waals surface area contributed by atoms with Gasteiger partial charge >= 0.3 is 0 Å². The normalized spacial score (nSPS) is 13.9. The Balaban J connectivity index is 1.01. The van der Waals surface area contributed by atoms with Gasteiger partial charge in [0.1, 0.15) is 0 Å². The van der Waals surface area contributed by atoms with E-state index in [-0.39, 0.29) is 5.41 Å². The number of nitrogens with zero attached hydrogens (tertiary/aromatic N) is 2. The molecule has 73 heavy (non-hydrogen) atoms. The molecule has 13 rings (SSSR count). The Morgan fingerprint density at radius 2 is 0.877 bits per heavy atom. The molecule has 352 valence electrons. The van der Waals surface area contributed by atoms with Gasteiger partial charge in [0.2, 0.25) is 0 Å². The zero-order valence-electron chi connectivity index (χ0n) is 41.7. The molecule has 0 spiro atoms. The van der Waals surface area contributed by atoms with Crippen LogP contribution in [-0.4, -0.2) is 0 Å². The lowest BCUT2D eigenvalue weighted by atomic mass is 9.82. The van der Waals surface area contributed by atoms with E-state index in [2.05, 4.69) is 272 Å². The van der Waals surface area contributed by atoms with Crippen LogP contribution in [0.2, 0.25) is 0 Å². The van der Waals surface area contributed by atoms with Gasteiger partial charge in [0.05, 0.1) is 0 Å². The minimum atomic E-state index is -0.162. The summed E-state index contributed by atoms with van der Waals surface area (Å²) in [5, 5.41) is 4.93. The number of rotatable bonds is 10. The van der Waals surface area contributed by atoms with Gasteiger partial charge in [-0.1, -0.05) is 215 Å². The second-order valence-electron chi connectivity index (χ2n) is 20.8. The molecule has 1 saturated carbocycles. The quantitative estimate of drug-likeness (QED) is 0.135. The van der Waals surface area contributed by atoms with Crippen molar-refractivity contribution in [3.8, 4) is 44.5 Å². The molecule has 0 radical (unpaired) electrons. The van der Waals surface area contributed by atoms with Gasteiger partial charge in [-0.2, -0.15) is 0 Å². The fraction of sp³-hybridized carbons (Fsp3) is 0.127. The van der Waals surface area contributed by atoms with Crippen molar-refractivity contribution >= 4 is 55.7 Å². The van der Waals surface area contributed by atoms with Gasteiger partial charge in [-0.05, 0) is 168 Å². The minimum absolute atomic E-state index is 0.162.